The number of nitrogens with zero attached hydrogens (tertiary/aromatic N) is 2. The Morgan fingerprint density at radius 1 is 1.19 bits per heavy atom. The summed E-state index contributed by atoms with van der Waals surface area (Å²) >= 11 is 0. The summed E-state index contributed by atoms with van der Waals surface area (Å²) in [6, 6.07) is 9.35. The predicted octanol–water partition coefficient (Wildman–Crippen LogP) is 0.900. The number of hydrogen-bond donors (Lipinski definition) is 1. The largest absolute Gasteiger partial charge is 0.376 e. The number of carbonyl (C=O) groups excluding carboxylic acids is 1. The van der Waals surface area contributed by atoms with Gasteiger partial charge in [0.15, 0.2) is 0 Å². The summed E-state index contributed by atoms with van der Waals surface area (Å²) in [6.45, 7) is 3.49. The molecule has 0 aliphatic carbocycles. The summed E-state index contributed by atoms with van der Waals surface area (Å²) in [5, 5.41) is 4.16. The van der Waals surface area contributed by atoms with E-state index in [1.54, 1.807) is 6.08 Å². The second-order valence-corrected chi connectivity index (χ2v) is 8.69. The molecule has 1 aromatic carbocycles. The van der Waals surface area contributed by atoms with Gasteiger partial charge < -0.3 is 10.1 Å². The topological polar surface area (TPSA) is 79.0 Å². The van der Waals surface area contributed by atoms with Crippen molar-refractivity contribution in [2.45, 2.75) is 18.9 Å². The Balaban J connectivity index is 1.42. The molecule has 27 heavy (non-hydrogen) atoms. The lowest BCUT2D eigenvalue weighted by molar-refractivity contribution is -0.123. The summed E-state index contributed by atoms with van der Waals surface area (Å²) in [4.78, 5) is 14.0. The van der Waals surface area contributed by atoms with Gasteiger partial charge in [0.1, 0.15) is 0 Å². The number of sulfonamides is 1. The third-order valence-corrected chi connectivity index (χ3v) is 6.41. The van der Waals surface area contributed by atoms with Gasteiger partial charge in [-0.15, -0.1) is 0 Å². The first-order valence-electron chi connectivity index (χ1n) is 9.37. The van der Waals surface area contributed by atoms with Gasteiger partial charge in [-0.05, 0) is 24.5 Å². The molecule has 7 nitrogen and oxygen atoms in total. The van der Waals surface area contributed by atoms with Crippen LogP contribution in [0.2, 0.25) is 0 Å². The molecule has 2 aliphatic rings. The van der Waals surface area contributed by atoms with Gasteiger partial charge in [0, 0.05) is 44.7 Å². The zero-order valence-corrected chi connectivity index (χ0v) is 16.2. The van der Waals surface area contributed by atoms with Crippen molar-refractivity contribution in [3.05, 3.63) is 41.3 Å². The van der Waals surface area contributed by atoms with E-state index in [2.05, 4.69) is 5.32 Å². The third-order valence-electron chi connectivity index (χ3n) is 4.84. The average molecular weight is 394 g/mol. The van der Waals surface area contributed by atoms with E-state index in [1.165, 1.54) is 9.71 Å². The Bertz CT molecular complexity index is 737. The number of ether oxygens (including phenoxy) is 1. The van der Waals surface area contributed by atoms with Crippen molar-refractivity contribution in [2.24, 2.45) is 0 Å². The van der Waals surface area contributed by atoms with E-state index in [9.17, 15) is 13.2 Å². The normalized spacial score (nSPS) is 22.3. The molecular formula is C19H27N3O4S. The minimum Gasteiger partial charge on any atom is -0.376 e. The van der Waals surface area contributed by atoms with E-state index < -0.39 is 10.0 Å². The Labute approximate surface area is 161 Å². The van der Waals surface area contributed by atoms with Crippen molar-refractivity contribution in [3.8, 4) is 0 Å². The Morgan fingerprint density at radius 3 is 2.59 bits per heavy atom. The second-order valence-electron chi connectivity index (χ2n) is 6.87. The zero-order valence-electron chi connectivity index (χ0n) is 15.4. The van der Waals surface area contributed by atoms with Crippen LogP contribution in [0, 0.1) is 0 Å². The highest BCUT2D eigenvalue weighted by atomic mass is 32.2. The first-order chi connectivity index (χ1) is 13.0. The minimum atomic E-state index is -3.45. The minimum absolute atomic E-state index is 0.0363. The zero-order chi connectivity index (χ0) is 19.1. The Hall–Kier alpha value is -1.74. The highest BCUT2D eigenvalue weighted by Crippen LogP contribution is 2.12. The van der Waals surface area contributed by atoms with E-state index in [0.29, 0.717) is 39.3 Å². The van der Waals surface area contributed by atoms with E-state index in [0.717, 1.165) is 25.0 Å². The van der Waals surface area contributed by atoms with Crippen LogP contribution < -0.4 is 5.32 Å². The predicted molar refractivity (Wildman–Crippen MR) is 104 cm³/mol. The lowest BCUT2D eigenvalue weighted by atomic mass is 10.2. The molecule has 0 radical (unpaired) electrons. The molecule has 2 saturated heterocycles. The Kier molecular flexibility index (Phi) is 7.01. The Morgan fingerprint density at radius 2 is 1.93 bits per heavy atom. The molecule has 2 aliphatic heterocycles. The van der Waals surface area contributed by atoms with E-state index in [4.69, 9.17) is 4.74 Å². The van der Waals surface area contributed by atoms with Gasteiger partial charge in [0.25, 0.3) is 0 Å². The van der Waals surface area contributed by atoms with Gasteiger partial charge in [-0.3, -0.25) is 9.69 Å². The molecule has 1 aromatic rings. The molecule has 0 bridgehead atoms. The van der Waals surface area contributed by atoms with Crippen LogP contribution in [0.4, 0.5) is 0 Å². The quantitative estimate of drug-likeness (QED) is 0.745. The molecule has 1 N–H and O–H groups in total. The standard InChI is InChI=1S/C19H27N3O4S/c23-19(20-15-18-7-4-13-26-18)16-21-9-11-22(12-10-21)27(24,25)14-8-17-5-2-1-3-6-17/h1-3,5-6,8,14,18H,4,7,9-13,15-16H2,(H,20,23)/b14-8+/t18-/m1/s1. The SMILES string of the molecule is O=C(CN1CCN(S(=O)(=O)/C=C/c2ccccc2)CC1)NC[C@H]1CCCO1. The fraction of sp³-hybridized carbons (Fsp3) is 0.526. The number of piperazine rings is 1. The molecule has 0 saturated carbocycles. The van der Waals surface area contributed by atoms with Gasteiger partial charge in [-0.25, -0.2) is 8.42 Å². The van der Waals surface area contributed by atoms with Gasteiger partial charge in [0.05, 0.1) is 12.6 Å². The van der Waals surface area contributed by atoms with Crippen molar-refractivity contribution >= 4 is 22.0 Å². The van der Waals surface area contributed by atoms with Crippen molar-refractivity contribution < 1.29 is 17.9 Å². The van der Waals surface area contributed by atoms with Crippen LogP contribution in [-0.4, -0.2) is 75.5 Å². The lowest BCUT2D eigenvalue weighted by Gasteiger charge is -2.32. The lowest BCUT2D eigenvalue weighted by Crippen LogP contribution is -2.51. The fourth-order valence-corrected chi connectivity index (χ4v) is 4.42. The molecule has 3 rings (SSSR count). The van der Waals surface area contributed by atoms with Gasteiger partial charge in [-0.2, -0.15) is 4.31 Å². The summed E-state index contributed by atoms with van der Waals surface area (Å²) in [6.07, 6.45) is 3.79. The monoisotopic (exact) mass is 393 g/mol. The van der Waals surface area contributed by atoms with Crippen LogP contribution in [0.1, 0.15) is 18.4 Å². The van der Waals surface area contributed by atoms with E-state index in [-0.39, 0.29) is 12.0 Å². The average Bonchev–Trinajstić information content (AvgIpc) is 3.20. The number of rotatable bonds is 7. The van der Waals surface area contributed by atoms with Crippen LogP contribution in [0.25, 0.3) is 6.08 Å². The molecule has 0 aromatic heterocycles. The van der Waals surface area contributed by atoms with Crippen LogP contribution in [0.5, 0.6) is 0 Å². The molecule has 0 spiro atoms. The smallest absolute Gasteiger partial charge is 0.236 e. The van der Waals surface area contributed by atoms with Crippen molar-refractivity contribution in [1.82, 2.24) is 14.5 Å². The number of nitrogens with one attached hydrogen (secondary N) is 1. The van der Waals surface area contributed by atoms with Crippen LogP contribution >= 0.6 is 0 Å². The molecule has 1 amide bonds. The summed E-state index contributed by atoms with van der Waals surface area (Å²) in [5.74, 6) is -0.0363. The first-order valence-corrected chi connectivity index (χ1v) is 10.9. The molecule has 1 atom stereocenters. The summed E-state index contributed by atoms with van der Waals surface area (Å²) < 4.78 is 31.9. The molecule has 8 heteroatoms. The van der Waals surface area contributed by atoms with Gasteiger partial charge in [-0.1, -0.05) is 30.3 Å². The highest BCUT2D eigenvalue weighted by molar-refractivity contribution is 7.92. The summed E-state index contributed by atoms with van der Waals surface area (Å²) in [7, 11) is -3.45. The van der Waals surface area contributed by atoms with E-state index in [1.807, 2.05) is 35.2 Å². The number of carbonyl (C=O) groups is 1. The molecule has 148 valence electrons. The van der Waals surface area contributed by atoms with Gasteiger partial charge >= 0.3 is 0 Å². The number of hydrogen-bond acceptors (Lipinski definition) is 5. The van der Waals surface area contributed by atoms with E-state index >= 15 is 0 Å². The fourth-order valence-electron chi connectivity index (χ4n) is 3.25. The number of amides is 1. The third kappa shape index (κ3) is 6.14. The maximum absolute atomic E-state index is 12.5. The second kappa shape index (κ2) is 9.45. The first kappa shape index (κ1) is 20.0. The van der Waals surface area contributed by atoms with Crippen molar-refractivity contribution in [3.63, 3.8) is 0 Å². The molecule has 0 unspecified atom stereocenters. The molecular weight excluding hydrogens is 366 g/mol. The van der Waals surface area contributed by atoms with Gasteiger partial charge in [0.2, 0.25) is 15.9 Å². The van der Waals surface area contributed by atoms with Crippen molar-refractivity contribution in [2.75, 3.05) is 45.9 Å². The van der Waals surface area contributed by atoms with Crippen molar-refractivity contribution in [1.29, 1.82) is 0 Å². The van der Waals surface area contributed by atoms with Crippen LogP contribution in [0.3, 0.4) is 0 Å². The maximum Gasteiger partial charge on any atom is 0.236 e. The van der Waals surface area contributed by atoms with Crippen LogP contribution in [0.15, 0.2) is 35.7 Å². The molecule has 2 heterocycles. The summed E-state index contributed by atoms with van der Waals surface area (Å²) in [5.41, 5.74) is 0.850. The highest BCUT2D eigenvalue weighted by Gasteiger charge is 2.26. The number of benzene rings is 1. The molecule has 2 fully saturated rings. The van der Waals surface area contributed by atoms with Crippen LogP contribution in [-0.2, 0) is 19.6 Å². The maximum atomic E-state index is 12.5.